The highest BCUT2D eigenvalue weighted by molar-refractivity contribution is 5.93. The predicted molar refractivity (Wildman–Crippen MR) is 105 cm³/mol. The largest absolute Gasteiger partial charge is 0.464 e. The molecule has 9 atom stereocenters. The van der Waals surface area contributed by atoms with Crippen molar-refractivity contribution in [3.63, 3.8) is 0 Å². The van der Waals surface area contributed by atoms with Gasteiger partial charge in [-0.15, -0.1) is 0 Å². The van der Waals surface area contributed by atoms with E-state index in [9.17, 15) is 24.2 Å². The normalized spacial score (nSPS) is 52.7. The molecule has 5 nitrogen and oxygen atoms in total. The fourth-order valence-corrected chi connectivity index (χ4v) is 7.96. The summed E-state index contributed by atoms with van der Waals surface area (Å²) in [4.78, 5) is 23.2. The molecule has 7 heteroatoms. The number of halogens is 2. The van der Waals surface area contributed by atoms with Crippen molar-refractivity contribution in [2.45, 2.75) is 82.3 Å². The van der Waals surface area contributed by atoms with Crippen LogP contribution in [0.4, 0.5) is 8.78 Å². The molecule has 4 saturated carbocycles. The maximum atomic E-state index is 15.6. The maximum Gasteiger partial charge on any atom is 0.293 e. The standard InChI is InChI=1S/C23H32F2O5/c1-13-8-17-15-9-18(25)22(28)10-14(30-12-26)4-6-20(22,2)16(15)5-7-21(17,3)23(13,29)19(27)11-24/h12,14-18,28-29H,1,4-11H2,2-3H3/t14?,15-,16+,17+,18?,20-,21+,22?,23+/m1/s1. The van der Waals surface area contributed by atoms with Crippen LogP contribution >= 0.6 is 0 Å². The molecule has 0 amide bonds. The number of Topliss-reactive ketones (excluding diaryl/α,β-unsaturated/α-hetero) is 1. The highest BCUT2D eigenvalue weighted by Crippen LogP contribution is 2.70. The van der Waals surface area contributed by atoms with Crippen LogP contribution < -0.4 is 0 Å². The summed E-state index contributed by atoms with van der Waals surface area (Å²) in [5.74, 6) is -1.21. The summed E-state index contributed by atoms with van der Waals surface area (Å²) < 4.78 is 34.0. The first-order valence-electron chi connectivity index (χ1n) is 10.9. The van der Waals surface area contributed by atoms with Crippen molar-refractivity contribution >= 4 is 12.3 Å². The number of carbonyl (C=O) groups is 2. The van der Waals surface area contributed by atoms with Crippen LogP contribution in [0.5, 0.6) is 0 Å². The minimum absolute atomic E-state index is 0.000356. The molecule has 0 spiro atoms. The van der Waals surface area contributed by atoms with Gasteiger partial charge in [-0.25, -0.2) is 8.78 Å². The predicted octanol–water partition coefficient (Wildman–Crippen LogP) is 3.07. The first kappa shape index (κ1) is 21.9. The zero-order chi connectivity index (χ0) is 22.1. The summed E-state index contributed by atoms with van der Waals surface area (Å²) >= 11 is 0. The van der Waals surface area contributed by atoms with Crippen LogP contribution in [0.3, 0.4) is 0 Å². The van der Waals surface area contributed by atoms with Gasteiger partial charge in [0, 0.05) is 17.3 Å². The van der Waals surface area contributed by atoms with Crippen LogP contribution in [0.25, 0.3) is 0 Å². The van der Waals surface area contributed by atoms with Crippen LogP contribution in [0.2, 0.25) is 0 Å². The van der Waals surface area contributed by atoms with Gasteiger partial charge in [-0.3, -0.25) is 9.59 Å². The van der Waals surface area contributed by atoms with Gasteiger partial charge in [0.25, 0.3) is 6.47 Å². The number of ether oxygens (including phenoxy) is 1. The average Bonchev–Trinajstić information content (AvgIpc) is 2.91. The molecule has 0 aliphatic heterocycles. The number of aliphatic hydroxyl groups is 2. The Labute approximate surface area is 175 Å². The summed E-state index contributed by atoms with van der Waals surface area (Å²) in [5, 5.41) is 22.8. The van der Waals surface area contributed by atoms with Crippen molar-refractivity contribution < 1.29 is 33.3 Å². The Hall–Kier alpha value is -1.34. The van der Waals surface area contributed by atoms with E-state index in [0.29, 0.717) is 44.1 Å². The van der Waals surface area contributed by atoms with Crippen LogP contribution in [-0.2, 0) is 14.3 Å². The molecule has 0 bridgehead atoms. The van der Waals surface area contributed by atoms with Gasteiger partial charge in [-0.05, 0) is 61.9 Å². The van der Waals surface area contributed by atoms with E-state index in [1.165, 1.54) is 0 Å². The molecule has 30 heavy (non-hydrogen) atoms. The molecule has 4 aliphatic carbocycles. The van der Waals surface area contributed by atoms with Gasteiger partial charge in [-0.1, -0.05) is 20.4 Å². The van der Waals surface area contributed by atoms with Crippen molar-refractivity contribution in [1.82, 2.24) is 0 Å². The molecule has 0 aromatic heterocycles. The van der Waals surface area contributed by atoms with Crippen LogP contribution in [0.1, 0.15) is 58.8 Å². The Morgan fingerprint density at radius 1 is 1.23 bits per heavy atom. The van der Waals surface area contributed by atoms with E-state index >= 15 is 4.39 Å². The Kier molecular flexibility index (Phi) is 4.98. The van der Waals surface area contributed by atoms with Gasteiger partial charge in [0.05, 0.1) is 0 Å². The minimum atomic E-state index is -1.92. The van der Waals surface area contributed by atoms with Gasteiger partial charge in [0.15, 0.2) is 18.1 Å². The number of hydrogen-bond donors (Lipinski definition) is 2. The number of alkyl halides is 2. The smallest absolute Gasteiger partial charge is 0.293 e. The van der Waals surface area contributed by atoms with Crippen molar-refractivity contribution in [1.29, 1.82) is 0 Å². The fourth-order valence-electron chi connectivity index (χ4n) is 7.96. The summed E-state index contributed by atoms with van der Waals surface area (Å²) in [6.07, 6.45) is 0.718. The van der Waals surface area contributed by atoms with E-state index in [0.717, 1.165) is 0 Å². The second-order valence-corrected chi connectivity index (χ2v) is 10.5. The third-order valence-electron chi connectivity index (χ3n) is 9.73. The second kappa shape index (κ2) is 6.83. The van der Waals surface area contributed by atoms with Crippen molar-refractivity contribution in [2.75, 3.05) is 6.67 Å². The third kappa shape index (κ3) is 2.45. The maximum absolute atomic E-state index is 15.6. The molecule has 0 saturated heterocycles. The van der Waals surface area contributed by atoms with Gasteiger partial charge in [0.2, 0.25) is 0 Å². The molecule has 0 radical (unpaired) electrons. The Bertz CT molecular complexity index is 773. The first-order chi connectivity index (χ1) is 14.0. The van der Waals surface area contributed by atoms with Crippen LogP contribution in [-0.4, -0.2) is 52.6 Å². The molecule has 4 rings (SSSR count). The zero-order valence-corrected chi connectivity index (χ0v) is 17.7. The highest BCUT2D eigenvalue weighted by Gasteiger charge is 2.72. The molecular weight excluding hydrogens is 394 g/mol. The summed E-state index contributed by atoms with van der Waals surface area (Å²) in [7, 11) is 0. The summed E-state index contributed by atoms with van der Waals surface area (Å²) in [6, 6.07) is 0. The van der Waals surface area contributed by atoms with Crippen molar-refractivity contribution in [3.8, 4) is 0 Å². The van der Waals surface area contributed by atoms with E-state index in [1.54, 1.807) is 0 Å². The van der Waals surface area contributed by atoms with Crippen LogP contribution in [0, 0.1) is 28.6 Å². The number of ketones is 1. The lowest BCUT2D eigenvalue weighted by Gasteiger charge is -2.64. The average molecular weight is 427 g/mol. The molecule has 4 aliphatic rings. The first-order valence-corrected chi connectivity index (χ1v) is 10.9. The van der Waals surface area contributed by atoms with E-state index in [-0.39, 0.29) is 30.6 Å². The molecule has 0 aromatic carbocycles. The number of fused-ring (bicyclic) bond motifs is 5. The summed E-state index contributed by atoms with van der Waals surface area (Å²) in [5.41, 5.74) is -4.78. The summed E-state index contributed by atoms with van der Waals surface area (Å²) in [6.45, 7) is 6.75. The van der Waals surface area contributed by atoms with Gasteiger partial charge in [-0.2, -0.15) is 0 Å². The van der Waals surface area contributed by atoms with E-state index in [1.807, 2.05) is 13.8 Å². The zero-order valence-electron chi connectivity index (χ0n) is 17.7. The molecule has 168 valence electrons. The Morgan fingerprint density at radius 3 is 2.53 bits per heavy atom. The topological polar surface area (TPSA) is 83.8 Å². The van der Waals surface area contributed by atoms with E-state index < -0.39 is 46.8 Å². The van der Waals surface area contributed by atoms with Crippen LogP contribution in [0.15, 0.2) is 12.2 Å². The minimum Gasteiger partial charge on any atom is -0.464 e. The quantitative estimate of drug-likeness (QED) is 0.533. The van der Waals surface area contributed by atoms with E-state index in [4.69, 9.17) is 4.74 Å². The molecule has 4 fully saturated rings. The third-order valence-corrected chi connectivity index (χ3v) is 9.73. The molecule has 0 aromatic rings. The van der Waals surface area contributed by atoms with Crippen molar-refractivity contribution in [2.24, 2.45) is 28.6 Å². The van der Waals surface area contributed by atoms with E-state index in [2.05, 4.69) is 6.58 Å². The number of carbonyl (C=O) groups excluding carboxylic acids is 2. The number of hydrogen-bond acceptors (Lipinski definition) is 5. The van der Waals surface area contributed by atoms with Gasteiger partial charge < -0.3 is 14.9 Å². The molecule has 3 unspecified atom stereocenters. The lowest BCUT2D eigenvalue weighted by Crippen LogP contribution is -2.68. The SMILES string of the molecule is C=C1C[C@H]2[C@@H]3CC(F)C4(O)CC(OC=O)CC[C@]4(C)[C@H]3CC[C@]2(C)[C@@]1(O)C(=O)CF. The van der Waals surface area contributed by atoms with Crippen molar-refractivity contribution in [3.05, 3.63) is 12.2 Å². The second-order valence-electron chi connectivity index (χ2n) is 10.5. The lowest BCUT2D eigenvalue weighted by atomic mass is 9.42. The Morgan fingerprint density at radius 2 is 1.90 bits per heavy atom. The number of rotatable bonds is 4. The van der Waals surface area contributed by atoms with Gasteiger partial charge in [0.1, 0.15) is 17.9 Å². The lowest BCUT2D eigenvalue weighted by molar-refractivity contribution is -0.254. The molecular formula is C23H32F2O5. The fraction of sp³-hybridized carbons (Fsp3) is 0.826. The molecule has 0 heterocycles. The highest BCUT2D eigenvalue weighted by atomic mass is 19.1. The Balaban J connectivity index is 1.70. The van der Waals surface area contributed by atoms with Gasteiger partial charge >= 0.3 is 0 Å². The molecule has 2 N–H and O–H groups in total. The monoisotopic (exact) mass is 426 g/mol.